The lowest BCUT2D eigenvalue weighted by Gasteiger charge is -2.36. The van der Waals surface area contributed by atoms with Gasteiger partial charge in [0.15, 0.2) is 0 Å². The Labute approximate surface area is 147 Å². The van der Waals surface area contributed by atoms with Gasteiger partial charge in [-0.25, -0.2) is 0 Å². The number of ether oxygens (including phenoxy) is 1. The van der Waals surface area contributed by atoms with Crippen LogP contribution in [0.5, 0.6) is 5.75 Å². The Morgan fingerprint density at radius 3 is 2.21 bits per heavy atom. The van der Waals surface area contributed by atoms with E-state index in [0.717, 1.165) is 43.1 Å². The van der Waals surface area contributed by atoms with Gasteiger partial charge in [-0.2, -0.15) is 0 Å². The van der Waals surface area contributed by atoms with E-state index in [1.165, 1.54) is 5.56 Å². The van der Waals surface area contributed by atoms with Gasteiger partial charge in [-0.05, 0) is 62.4 Å². The molecule has 1 fully saturated rings. The molecule has 2 atom stereocenters. The lowest BCUT2D eigenvalue weighted by atomic mass is 9.91. The molecule has 4 nitrogen and oxygen atoms in total. The maximum absolute atomic E-state index is 11.0. The minimum Gasteiger partial charge on any atom is -0.491 e. The summed E-state index contributed by atoms with van der Waals surface area (Å²) in [4.78, 5) is 2.37. The molecular weight excluding hydrogens is 300 g/mol. The number of nitrogens with zero attached hydrogens (tertiary/aromatic N) is 1. The van der Waals surface area contributed by atoms with Crippen LogP contribution >= 0.6 is 0 Å². The average Bonchev–Trinajstić information content (AvgIpc) is 2.53. The predicted molar refractivity (Wildman–Crippen MR) is 99.9 cm³/mol. The highest BCUT2D eigenvalue weighted by Gasteiger charge is 2.26. The third-order valence-electron chi connectivity index (χ3n) is 4.89. The SMILES string of the molecule is Cc1cc(OC(C)C)c(C(C)C)cc1C(O)C(C)N1CCNCC1. The number of aryl methyl sites for hydroxylation is 1. The quantitative estimate of drug-likeness (QED) is 0.838. The van der Waals surface area contributed by atoms with Crippen molar-refractivity contribution in [1.29, 1.82) is 0 Å². The highest BCUT2D eigenvalue weighted by atomic mass is 16.5. The summed E-state index contributed by atoms with van der Waals surface area (Å²) in [5.74, 6) is 1.31. The van der Waals surface area contributed by atoms with Crippen LogP contribution in [0, 0.1) is 6.92 Å². The molecule has 1 saturated heterocycles. The van der Waals surface area contributed by atoms with Gasteiger partial charge in [-0.15, -0.1) is 0 Å². The number of aliphatic hydroxyl groups is 1. The average molecular weight is 335 g/mol. The van der Waals surface area contributed by atoms with Crippen LogP contribution in [-0.4, -0.2) is 48.3 Å². The normalized spacial score (nSPS) is 18.9. The zero-order valence-electron chi connectivity index (χ0n) is 16.1. The van der Waals surface area contributed by atoms with E-state index in [-0.39, 0.29) is 12.1 Å². The standard InChI is InChI=1S/C20H34N2O2/c1-13(2)17-12-18(15(5)11-19(17)24-14(3)4)20(23)16(6)22-9-7-21-8-10-22/h11-14,16,20-21,23H,7-10H2,1-6H3. The van der Waals surface area contributed by atoms with Crippen molar-refractivity contribution in [3.05, 3.63) is 28.8 Å². The molecule has 1 aliphatic heterocycles. The Morgan fingerprint density at radius 1 is 1.04 bits per heavy atom. The summed E-state index contributed by atoms with van der Waals surface area (Å²) < 4.78 is 6.00. The summed E-state index contributed by atoms with van der Waals surface area (Å²) in [6.45, 7) is 16.6. The molecule has 2 N–H and O–H groups in total. The van der Waals surface area contributed by atoms with Gasteiger partial charge in [-0.3, -0.25) is 4.90 Å². The Hall–Kier alpha value is -1.10. The summed E-state index contributed by atoms with van der Waals surface area (Å²) in [6.07, 6.45) is -0.328. The Kier molecular flexibility index (Phi) is 6.67. The summed E-state index contributed by atoms with van der Waals surface area (Å²) in [5, 5.41) is 14.4. The number of aliphatic hydroxyl groups excluding tert-OH is 1. The molecule has 4 heteroatoms. The first-order valence-electron chi connectivity index (χ1n) is 9.25. The minimum atomic E-state index is -0.478. The molecule has 1 aromatic carbocycles. The minimum absolute atomic E-state index is 0.114. The van der Waals surface area contributed by atoms with E-state index in [4.69, 9.17) is 4.74 Å². The van der Waals surface area contributed by atoms with Crippen LogP contribution in [0.15, 0.2) is 12.1 Å². The molecule has 24 heavy (non-hydrogen) atoms. The van der Waals surface area contributed by atoms with E-state index in [1.807, 2.05) is 0 Å². The first-order chi connectivity index (χ1) is 11.3. The first kappa shape index (κ1) is 19.2. The van der Waals surface area contributed by atoms with Crippen LogP contribution in [0.2, 0.25) is 0 Å². The van der Waals surface area contributed by atoms with Crippen molar-refractivity contribution in [3.63, 3.8) is 0 Å². The zero-order chi connectivity index (χ0) is 17.9. The van der Waals surface area contributed by atoms with Gasteiger partial charge in [0, 0.05) is 32.2 Å². The molecule has 0 saturated carbocycles. The van der Waals surface area contributed by atoms with E-state index in [9.17, 15) is 5.11 Å². The molecule has 0 aromatic heterocycles. The highest BCUT2D eigenvalue weighted by Crippen LogP contribution is 2.34. The fraction of sp³-hybridized carbons (Fsp3) is 0.700. The van der Waals surface area contributed by atoms with Crippen LogP contribution in [0.1, 0.15) is 63.3 Å². The molecule has 0 aliphatic carbocycles. The van der Waals surface area contributed by atoms with Crippen LogP contribution in [-0.2, 0) is 0 Å². The lowest BCUT2D eigenvalue weighted by molar-refractivity contribution is 0.0505. The monoisotopic (exact) mass is 334 g/mol. The summed E-state index contributed by atoms with van der Waals surface area (Å²) in [5.41, 5.74) is 3.31. The van der Waals surface area contributed by atoms with Crippen molar-refractivity contribution in [3.8, 4) is 5.75 Å². The highest BCUT2D eigenvalue weighted by molar-refractivity contribution is 5.45. The number of hydrogen-bond acceptors (Lipinski definition) is 4. The molecule has 2 unspecified atom stereocenters. The number of rotatable bonds is 6. The molecule has 0 spiro atoms. The van der Waals surface area contributed by atoms with Gasteiger partial charge in [0.2, 0.25) is 0 Å². The summed E-state index contributed by atoms with van der Waals surface area (Å²) in [6, 6.07) is 4.36. The molecular formula is C20H34N2O2. The van der Waals surface area contributed by atoms with Crippen LogP contribution in [0.4, 0.5) is 0 Å². The molecule has 2 rings (SSSR count). The van der Waals surface area contributed by atoms with Gasteiger partial charge < -0.3 is 15.2 Å². The maximum atomic E-state index is 11.0. The smallest absolute Gasteiger partial charge is 0.123 e. The Bertz CT molecular complexity index is 537. The molecule has 136 valence electrons. The van der Waals surface area contributed by atoms with E-state index in [1.54, 1.807) is 0 Å². The predicted octanol–water partition coefficient (Wildman–Crippen LogP) is 3.23. The molecule has 0 radical (unpaired) electrons. The Morgan fingerprint density at radius 2 is 1.67 bits per heavy atom. The first-order valence-corrected chi connectivity index (χ1v) is 9.25. The Balaban J connectivity index is 2.29. The van der Waals surface area contributed by atoms with Gasteiger partial charge in [-0.1, -0.05) is 13.8 Å². The van der Waals surface area contributed by atoms with Gasteiger partial charge in [0.1, 0.15) is 5.75 Å². The fourth-order valence-electron chi connectivity index (χ4n) is 3.39. The van der Waals surface area contributed by atoms with Crippen LogP contribution in [0.3, 0.4) is 0 Å². The number of benzene rings is 1. The van der Waals surface area contributed by atoms with Crippen molar-refractivity contribution in [2.75, 3.05) is 26.2 Å². The summed E-state index contributed by atoms with van der Waals surface area (Å²) in [7, 11) is 0. The number of nitrogens with one attached hydrogen (secondary N) is 1. The third kappa shape index (κ3) is 4.50. The zero-order valence-corrected chi connectivity index (χ0v) is 16.1. The van der Waals surface area contributed by atoms with Gasteiger partial charge in [0.05, 0.1) is 12.2 Å². The van der Waals surface area contributed by atoms with Crippen molar-refractivity contribution in [2.45, 2.75) is 65.7 Å². The molecule has 1 aliphatic rings. The molecule has 1 aromatic rings. The van der Waals surface area contributed by atoms with Crippen molar-refractivity contribution in [2.24, 2.45) is 0 Å². The molecule has 1 heterocycles. The van der Waals surface area contributed by atoms with Crippen molar-refractivity contribution in [1.82, 2.24) is 10.2 Å². The number of hydrogen-bond donors (Lipinski definition) is 2. The summed E-state index contributed by atoms with van der Waals surface area (Å²) >= 11 is 0. The molecule has 0 bridgehead atoms. The second-order valence-electron chi connectivity index (χ2n) is 7.54. The topological polar surface area (TPSA) is 44.7 Å². The second-order valence-corrected chi connectivity index (χ2v) is 7.54. The van der Waals surface area contributed by atoms with E-state index in [2.05, 4.69) is 63.9 Å². The maximum Gasteiger partial charge on any atom is 0.123 e. The van der Waals surface area contributed by atoms with Crippen LogP contribution < -0.4 is 10.1 Å². The van der Waals surface area contributed by atoms with E-state index < -0.39 is 6.10 Å². The third-order valence-corrected chi connectivity index (χ3v) is 4.89. The second kappa shape index (κ2) is 8.32. The van der Waals surface area contributed by atoms with Crippen LogP contribution in [0.25, 0.3) is 0 Å². The van der Waals surface area contributed by atoms with Gasteiger partial charge >= 0.3 is 0 Å². The van der Waals surface area contributed by atoms with E-state index >= 15 is 0 Å². The lowest BCUT2D eigenvalue weighted by Crippen LogP contribution is -2.49. The molecule has 0 amide bonds. The van der Waals surface area contributed by atoms with Gasteiger partial charge in [0.25, 0.3) is 0 Å². The number of piperazine rings is 1. The van der Waals surface area contributed by atoms with Crippen molar-refractivity contribution < 1.29 is 9.84 Å². The fourth-order valence-corrected chi connectivity index (χ4v) is 3.39. The van der Waals surface area contributed by atoms with Crippen molar-refractivity contribution >= 4 is 0 Å². The van der Waals surface area contributed by atoms with E-state index in [0.29, 0.717) is 5.92 Å². The largest absolute Gasteiger partial charge is 0.491 e.